The molecule has 0 atom stereocenters. The SMILES string of the molecule is C=C(C(=O)O)C1=Cc2cccc3c2C1=c1c(ccc2c1=CC=C2)C3.C=CC(=O)OC1=CCCC1. The highest BCUT2D eigenvalue weighted by molar-refractivity contribution is 6.08. The molecule has 4 aliphatic carbocycles. The molecular weight excluding hydrogens is 424 g/mol. The van der Waals surface area contributed by atoms with E-state index in [4.69, 9.17) is 4.74 Å². The van der Waals surface area contributed by atoms with Gasteiger partial charge in [0.05, 0.1) is 5.57 Å². The van der Waals surface area contributed by atoms with Gasteiger partial charge in [-0.3, -0.25) is 0 Å². The van der Waals surface area contributed by atoms with Crippen LogP contribution in [0.1, 0.15) is 47.1 Å². The normalized spacial score (nSPS) is 15.6. The van der Waals surface area contributed by atoms with Gasteiger partial charge in [-0.15, -0.1) is 0 Å². The Morgan fingerprint density at radius 3 is 2.68 bits per heavy atom. The van der Waals surface area contributed by atoms with E-state index in [0.29, 0.717) is 0 Å². The first kappa shape index (κ1) is 21.7. The van der Waals surface area contributed by atoms with Gasteiger partial charge in [0.2, 0.25) is 0 Å². The number of aliphatic carboxylic acids is 1. The number of hydrogen-bond donors (Lipinski definition) is 1. The molecule has 4 aliphatic rings. The second-order valence-corrected chi connectivity index (χ2v) is 8.59. The molecule has 6 rings (SSSR count). The van der Waals surface area contributed by atoms with Gasteiger partial charge >= 0.3 is 11.9 Å². The first-order chi connectivity index (χ1) is 16.5. The molecule has 0 radical (unpaired) electrons. The number of rotatable bonds is 4. The maximum absolute atomic E-state index is 11.6. The lowest BCUT2D eigenvalue weighted by molar-refractivity contribution is -0.134. The molecule has 0 saturated heterocycles. The highest BCUT2D eigenvalue weighted by Gasteiger charge is 2.30. The summed E-state index contributed by atoms with van der Waals surface area (Å²) in [6.07, 6.45) is 15.3. The Morgan fingerprint density at radius 1 is 1.09 bits per heavy atom. The number of carbonyl (C=O) groups excluding carboxylic acids is 1. The van der Waals surface area contributed by atoms with Crippen LogP contribution in [0.3, 0.4) is 0 Å². The van der Waals surface area contributed by atoms with E-state index in [1.54, 1.807) is 0 Å². The summed E-state index contributed by atoms with van der Waals surface area (Å²) < 4.78 is 4.86. The summed E-state index contributed by atoms with van der Waals surface area (Å²) in [5.74, 6) is -0.525. The highest BCUT2D eigenvalue weighted by atomic mass is 16.5. The number of benzene rings is 2. The van der Waals surface area contributed by atoms with Crippen molar-refractivity contribution in [1.82, 2.24) is 0 Å². The smallest absolute Gasteiger partial charge is 0.335 e. The van der Waals surface area contributed by atoms with E-state index in [-0.39, 0.29) is 11.5 Å². The molecule has 0 bridgehead atoms. The number of allylic oxidation sites excluding steroid dienone is 3. The van der Waals surface area contributed by atoms with Gasteiger partial charge in [-0.05, 0) is 80.8 Å². The zero-order valence-electron chi connectivity index (χ0n) is 18.8. The lowest BCUT2D eigenvalue weighted by Gasteiger charge is -2.20. The molecule has 2 aromatic carbocycles. The maximum Gasteiger partial charge on any atom is 0.335 e. The van der Waals surface area contributed by atoms with Crippen LogP contribution in [0.25, 0.3) is 23.8 Å². The van der Waals surface area contributed by atoms with E-state index in [9.17, 15) is 14.7 Å². The van der Waals surface area contributed by atoms with Crippen molar-refractivity contribution in [1.29, 1.82) is 0 Å². The summed E-state index contributed by atoms with van der Waals surface area (Å²) in [5.41, 5.74) is 7.89. The van der Waals surface area contributed by atoms with Crippen LogP contribution < -0.4 is 10.4 Å². The van der Waals surface area contributed by atoms with Gasteiger partial charge in [0.15, 0.2) is 0 Å². The summed E-state index contributed by atoms with van der Waals surface area (Å²) in [7, 11) is 0. The molecule has 0 fully saturated rings. The monoisotopic (exact) mass is 448 g/mol. The summed E-state index contributed by atoms with van der Waals surface area (Å²) in [4.78, 5) is 22.2. The Labute approximate surface area is 197 Å². The Morgan fingerprint density at radius 2 is 1.94 bits per heavy atom. The summed E-state index contributed by atoms with van der Waals surface area (Å²) in [6.45, 7) is 7.12. The fourth-order valence-electron chi connectivity index (χ4n) is 4.97. The minimum Gasteiger partial charge on any atom is -0.478 e. The molecule has 0 spiro atoms. The molecule has 0 saturated carbocycles. The fraction of sp³-hybridized carbons (Fsp3) is 0.133. The van der Waals surface area contributed by atoms with Crippen LogP contribution in [-0.4, -0.2) is 17.0 Å². The molecule has 2 aromatic rings. The van der Waals surface area contributed by atoms with E-state index in [2.05, 4.69) is 55.7 Å². The second-order valence-electron chi connectivity index (χ2n) is 8.59. The molecule has 0 heterocycles. The number of fused-ring (bicyclic) bond motifs is 3. The van der Waals surface area contributed by atoms with Crippen LogP contribution in [-0.2, 0) is 20.7 Å². The molecule has 0 aliphatic heterocycles. The standard InChI is InChI=1S/C22H14O2.C8H10O2/c1-12(22(23)24)18-11-15-6-2-5-14-10-16-9-8-13-4-3-7-17(13)20(16)21(18)19(14)15;1-2-8(9)10-7-5-3-4-6-7/h2-9,11H,1,10H2,(H,23,24);2,5H,1,3-4,6H2. The van der Waals surface area contributed by atoms with Crippen LogP contribution in [0.2, 0.25) is 0 Å². The van der Waals surface area contributed by atoms with Crippen LogP contribution in [0.4, 0.5) is 0 Å². The Balaban J connectivity index is 0.000000204. The van der Waals surface area contributed by atoms with Crippen molar-refractivity contribution in [2.45, 2.75) is 25.7 Å². The van der Waals surface area contributed by atoms with Crippen molar-refractivity contribution in [2.24, 2.45) is 0 Å². The van der Waals surface area contributed by atoms with Crippen LogP contribution in [0, 0.1) is 0 Å². The van der Waals surface area contributed by atoms with Crippen molar-refractivity contribution in [3.8, 4) is 0 Å². The molecular formula is C30H24O4. The van der Waals surface area contributed by atoms with Gasteiger partial charge in [0.1, 0.15) is 5.76 Å². The lowest BCUT2D eigenvalue weighted by Crippen LogP contribution is -2.35. The Bertz CT molecular complexity index is 1490. The molecule has 168 valence electrons. The van der Waals surface area contributed by atoms with Crippen molar-refractivity contribution in [3.05, 3.63) is 117 Å². The van der Waals surface area contributed by atoms with Gasteiger partial charge in [0.25, 0.3) is 0 Å². The van der Waals surface area contributed by atoms with E-state index in [1.165, 1.54) is 38.8 Å². The number of carboxylic acids is 1. The topological polar surface area (TPSA) is 63.6 Å². The molecule has 34 heavy (non-hydrogen) atoms. The van der Waals surface area contributed by atoms with Crippen molar-refractivity contribution in [2.75, 3.05) is 0 Å². The third-order valence-corrected chi connectivity index (χ3v) is 6.52. The van der Waals surface area contributed by atoms with E-state index in [1.807, 2.05) is 18.2 Å². The molecule has 0 aromatic heterocycles. The zero-order chi connectivity index (χ0) is 23.8. The van der Waals surface area contributed by atoms with Crippen molar-refractivity contribution >= 4 is 35.7 Å². The molecule has 0 unspecified atom stereocenters. The predicted molar refractivity (Wildman–Crippen MR) is 134 cm³/mol. The average molecular weight is 449 g/mol. The number of carbonyl (C=O) groups is 2. The molecule has 1 N–H and O–H groups in total. The Kier molecular flexibility index (Phi) is 5.50. The maximum atomic E-state index is 11.6. The number of hydrogen-bond acceptors (Lipinski definition) is 3. The number of ether oxygens (including phenoxy) is 1. The predicted octanol–water partition coefficient (Wildman–Crippen LogP) is 4.42. The first-order valence-electron chi connectivity index (χ1n) is 11.3. The van der Waals surface area contributed by atoms with Crippen LogP contribution in [0.15, 0.2) is 78.6 Å². The molecule has 4 heteroatoms. The fourth-order valence-corrected chi connectivity index (χ4v) is 4.97. The van der Waals surface area contributed by atoms with E-state index >= 15 is 0 Å². The van der Waals surface area contributed by atoms with Crippen molar-refractivity contribution in [3.63, 3.8) is 0 Å². The van der Waals surface area contributed by atoms with Crippen LogP contribution >= 0.6 is 0 Å². The number of esters is 1. The summed E-state index contributed by atoms with van der Waals surface area (Å²) in [6, 6.07) is 10.5. The Hall–Kier alpha value is -4.18. The summed E-state index contributed by atoms with van der Waals surface area (Å²) in [5, 5.41) is 11.8. The number of carboxylic acid groups (broad SMARTS) is 1. The minimum atomic E-state index is -0.968. The quantitative estimate of drug-likeness (QED) is 0.556. The van der Waals surface area contributed by atoms with E-state index < -0.39 is 5.97 Å². The first-order valence-corrected chi connectivity index (χ1v) is 11.3. The van der Waals surface area contributed by atoms with Gasteiger partial charge in [-0.25, -0.2) is 9.59 Å². The molecule has 4 nitrogen and oxygen atoms in total. The largest absolute Gasteiger partial charge is 0.478 e. The third kappa shape index (κ3) is 3.67. The van der Waals surface area contributed by atoms with Gasteiger partial charge in [-0.1, -0.05) is 61.7 Å². The van der Waals surface area contributed by atoms with Gasteiger partial charge in [0, 0.05) is 12.5 Å². The highest BCUT2D eigenvalue weighted by Crippen LogP contribution is 2.41. The second kappa shape index (κ2) is 8.64. The minimum absolute atomic E-state index is 0.156. The van der Waals surface area contributed by atoms with E-state index in [0.717, 1.165) is 48.2 Å². The van der Waals surface area contributed by atoms with Crippen molar-refractivity contribution < 1.29 is 19.4 Å². The van der Waals surface area contributed by atoms with Gasteiger partial charge < -0.3 is 9.84 Å². The zero-order valence-corrected chi connectivity index (χ0v) is 18.8. The van der Waals surface area contributed by atoms with Gasteiger partial charge in [-0.2, -0.15) is 0 Å². The molecule has 0 amide bonds. The lowest BCUT2D eigenvalue weighted by atomic mass is 9.83. The summed E-state index contributed by atoms with van der Waals surface area (Å²) >= 11 is 0. The average Bonchev–Trinajstić information content (AvgIpc) is 3.59. The van der Waals surface area contributed by atoms with Crippen LogP contribution in [0.5, 0.6) is 0 Å². The third-order valence-electron chi connectivity index (χ3n) is 6.52.